The van der Waals surface area contributed by atoms with Gasteiger partial charge >= 0.3 is 0 Å². The van der Waals surface area contributed by atoms with Gasteiger partial charge in [0.2, 0.25) is 0 Å². The summed E-state index contributed by atoms with van der Waals surface area (Å²) in [5.41, 5.74) is 5.03. The molecule has 3 rings (SSSR count). The van der Waals surface area contributed by atoms with E-state index in [9.17, 15) is 0 Å². The van der Waals surface area contributed by atoms with E-state index in [1.807, 2.05) is 42.5 Å². The van der Waals surface area contributed by atoms with Crippen LogP contribution in [0.5, 0.6) is 5.75 Å². The maximum atomic E-state index is 5.58. The number of hydrogen-bond donors (Lipinski definition) is 1. The second-order valence-corrected chi connectivity index (χ2v) is 3.98. The normalized spacial score (nSPS) is 15.9. The Hall–Kier alpha value is -2.36. The maximum absolute atomic E-state index is 5.58. The van der Waals surface area contributed by atoms with Gasteiger partial charge in [0.1, 0.15) is 11.6 Å². The van der Waals surface area contributed by atoms with E-state index in [-0.39, 0.29) is 0 Å². The molecule has 1 aliphatic rings. The van der Waals surface area contributed by atoms with Crippen LogP contribution in [0.25, 0.3) is 0 Å². The number of pyridine rings is 1. The van der Waals surface area contributed by atoms with E-state index < -0.39 is 0 Å². The van der Waals surface area contributed by atoms with Crippen molar-refractivity contribution in [2.45, 2.75) is 6.42 Å². The minimum atomic E-state index is 0.666. The van der Waals surface area contributed by atoms with Gasteiger partial charge in [-0.3, -0.25) is 5.43 Å². The van der Waals surface area contributed by atoms with Crippen LogP contribution in [-0.2, 0) is 0 Å². The first kappa shape index (κ1) is 10.8. The van der Waals surface area contributed by atoms with Crippen LogP contribution >= 0.6 is 0 Å². The smallest absolute Gasteiger partial charge is 0.146 e. The molecule has 4 heteroatoms. The third kappa shape index (κ3) is 2.18. The SMILES string of the molecule is c1ccc(N/N=C2/CCOc3ccccc32)nc1. The highest BCUT2D eigenvalue weighted by molar-refractivity contribution is 6.04. The molecule has 0 unspecified atom stereocenters. The highest BCUT2D eigenvalue weighted by atomic mass is 16.5. The summed E-state index contributed by atoms with van der Waals surface area (Å²) in [6.45, 7) is 0.666. The van der Waals surface area contributed by atoms with Crippen molar-refractivity contribution in [2.75, 3.05) is 12.0 Å². The minimum absolute atomic E-state index is 0.666. The highest BCUT2D eigenvalue weighted by Gasteiger charge is 2.15. The molecular weight excluding hydrogens is 226 g/mol. The highest BCUT2D eigenvalue weighted by Crippen LogP contribution is 2.24. The molecule has 2 heterocycles. The Balaban J connectivity index is 1.85. The summed E-state index contributed by atoms with van der Waals surface area (Å²) in [4.78, 5) is 4.17. The maximum Gasteiger partial charge on any atom is 0.146 e. The standard InChI is InChI=1S/C14H13N3O/c1-2-6-13-11(5-1)12(8-10-18-13)16-17-14-7-3-4-9-15-14/h1-7,9H,8,10H2,(H,15,17)/b16-12-. The molecule has 0 saturated carbocycles. The van der Waals surface area contributed by atoms with Crippen LogP contribution in [0.15, 0.2) is 53.8 Å². The van der Waals surface area contributed by atoms with Crippen molar-refractivity contribution in [3.05, 3.63) is 54.2 Å². The van der Waals surface area contributed by atoms with Gasteiger partial charge in [-0.15, -0.1) is 0 Å². The first-order chi connectivity index (χ1) is 8.93. The van der Waals surface area contributed by atoms with Crippen molar-refractivity contribution < 1.29 is 4.74 Å². The van der Waals surface area contributed by atoms with Gasteiger partial charge in [-0.2, -0.15) is 5.10 Å². The van der Waals surface area contributed by atoms with Gasteiger partial charge in [-0.05, 0) is 24.3 Å². The molecular formula is C14H13N3O. The molecule has 0 amide bonds. The van der Waals surface area contributed by atoms with Gasteiger partial charge in [0.15, 0.2) is 0 Å². The average molecular weight is 239 g/mol. The van der Waals surface area contributed by atoms with Gasteiger partial charge in [-0.25, -0.2) is 4.98 Å². The van der Waals surface area contributed by atoms with E-state index in [0.717, 1.165) is 29.3 Å². The lowest BCUT2D eigenvalue weighted by atomic mass is 10.0. The lowest BCUT2D eigenvalue weighted by Crippen LogP contribution is -2.17. The topological polar surface area (TPSA) is 46.5 Å². The van der Waals surface area contributed by atoms with Crippen molar-refractivity contribution in [1.29, 1.82) is 0 Å². The summed E-state index contributed by atoms with van der Waals surface area (Å²) >= 11 is 0. The van der Waals surface area contributed by atoms with E-state index in [4.69, 9.17) is 4.74 Å². The Morgan fingerprint density at radius 1 is 1.11 bits per heavy atom. The van der Waals surface area contributed by atoms with Crippen LogP contribution < -0.4 is 10.2 Å². The average Bonchev–Trinajstić information content (AvgIpc) is 2.46. The second-order valence-electron chi connectivity index (χ2n) is 3.98. The number of nitrogens with zero attached hydrogens (tertiary/aromatic N) is 2. The summed E-state index contributed by atoms with van der Waals surface area (Å²) in [7, 11) is 0. The number of hydrazone groups is 1. The van der Waals surface area contributed by atoms with Crippen LogP contribution in [-0.4, -0.2) is 17.3 Å². The Bertz CT molecular complexity index is 566. The van der Waals surface area contributed by atoms with Crippen LogP contribution in [0.2, 0.25) is 0 Å². The number of benzene rings is 1. The Labute approximate surface area is 105 Å². The number of rotatable bonds is 2. The van der Waals surface area contributed by atoms with Crippen molar-refractivity contribution in [3.8, 4) is 5.75 Å². The Kier molecular flexibility index (Phi) is 2.92. The van der Waals surface area contributed by atoms with Crippen LogP contribution in [0.4, 0.5) is 5.82 Å². The number of fused-ring (bicyclic) bond motifs is 1. The zero-order valence-electron chi connectivity index (χ0n) is 9.84. The summed E-state index contributed by atoms with van der Waals surface area (Å²) in [5.74, 6) is 1.64. The van der Waals surface area contributed by atoms with E-state index in [1.54, 1.807) is 6.20 Å². The predicted molar refractivity (Wildman–Crippen MR) is 71.0 cm³/mol. The molecule has 0 saturated heterocycles. The number of para-hydroxylation sites is 1. The fraction of sp³-hybridized carbons (Fsp3) is 0.143. The molecule has 1 aliphatic heterocycles. The van der Waals surface area contributed by atoms with Gasteiger partial charge in [-0.1, -0.05) is 18.2 Å². The molecule has 18 heavy (non-hydrogen) atoms. The number of aromatic nitrogens is 1. The van der Waals surface area contributed by atoms with Crippen molar-refractivity contribution in [3.63, 3.8) is 0 Å². The molecule has 1 aromatic carbocycles. The van der Waals surface area contributed by atoms with Gasteiger partial charge in [0.05, 0.1) is 12.3 Å². The van der Waals surface area contributed by atoms with Crippen molar-refractivity contribution in [1.82, 2.24) is 4.98 Å². The lowest BCUT2D eigenvalue weighted by molar-refractivity contribution is 0.320. The number of hydrogen-bond acceptors (Lipinski definition) is 4. The van der Waals surface area contributed by atoms with E-state index in [1.165, 1.54) is 0 Å². The molecule has 0 radical (unpaired) electrons. The largest absolute Gasteiger partial charge is 0.492 e. The second kappa shape index (κ2) is 4.87. The molecule has 1 N–H and O–H groups in total. The van der Waals surface area contributed by atoms with E-state index in [2.05, 4.69) is 15.5 Å². The number of anilines is 1. The Morgan fingerprint density at radius 3 is 2.89 bits per heavy atom. The van der Waals surface area contributed by atoms with Crippen molar-refractivity contribution in [2.24, 2.45) is 5.10 Å². The predicted octanol–water partition coefficient (Wildman–Crippen LogP) is 2.68. The molecule has 90 valence electrons. The fourth-order valence-electron chi connectivity index (χ4n) is 1.89. The molecule has 1 aromatic heterocycles. The molecule has 4 nitrogen and oxygen atoms in total. The third-order valence-corrected chi connectivity index (χ3v) is 2.76. The van der Waals surface area contributed by atoms with E-state index in [0.29, 0.717) is 6.61 Å². The molecule has 0 atom stereocenters. The molecule has 0 fully saturated rings. The third-order valence-electron chi connectivity index (χ3n) is 2.76. The fourth-order valence-corrected chi connectivity index (χ4v) is 1.89. The summed E-state index contributed by atoms with van der Waals surface area (Å²) < 4.78 is 5.58. The lowest BCUT2D eigenvalue weighted by Gasteiger charge is -2.18. The summed E-state index contributed by atoms with van der Waals surface area (Å²) in [5, 5.41) is 4.42. The summed E-state index contributed by atoms with van der Waals surface area (Å²) in [6, 6.07) is 13.6. The van der Waals surface area contributed by atoms with Crippen LogP contribution in [0.3, 0.4) is 0 Å². The minimum Gasteiger partial charge on any atom is -0.492 e. The first-order valence-corrected chi connectivity index (χ1v) is 5.89. The Morgan fingerprint density at radius 2 is 2.00 bits per heavy atom. The zero-order valence-corrected chi connectivity index (χ0v) is 9.84. The van der Waals surface area contributed by atoms with Crippen molar-refractivity contribution >= 4 is 11.5 Å². The van der Waals surface area contributed by atoms with E-state index >= 15 is 0 Å². The first-order valence-electron chi connectivity index (χ1n) is 5.89. The van der Waals surface area contributed by atoms with Crippen LogP contribution in [0.1, 0.15) is 12.0 Å². The number of ether oxygens (including phenoxy) is 1. The summed E-state index contributed by atoms with van der Waals surface area (Å²) in [6.07, 6.45) is 2.54. The quantitative estimate of drug-likeness (QED) is 0.819. The van der Waals surface area contributed by atoms with Gasteiger partial charge in [0.25, 0.3) is 0 Å². The monoisotopic (exact) mass is 239 g/mol. The molecule has 2 aromatic rings. The van der Waals surface area contributed by atoms with Gasteiger partial charge in [0, 0.05) is 18.2 Å². The molecule has 0 spiro atoms. The molecule has 0 bridgehead atoms. The van der Waals surface area contributed by atoms with Gasteiger partial charge < -0.3 is 4.74 Å². The van der Waals surface area contributed by atoms with Crippen LogP contribution in [0, 0.1) is 0 Å². The number of nitrogens with one attached hydrogen (secondary N) is 1. The molecule has 0 aliphatic carbocycles. The zero-order chi connectivity index (χ0) is 12.2.